The lowest BCUT2D eigenvalue weighted by atomic mass is 9.87. The first-order chi connectivity index (χ1) is 15.7. The van der Waals surface area contributed by atoms with Crippen molar-refractivity contribution in [3.63, 3.8) is 0 Å². The van der Waals surface area contributed by atoms with Crippen LogP contribution < -0.4 is 0 Å². The Labute approximate surface area is 187 Å². The molecule has 1 unspecified atom stereocenters. The van der Waals surface area contributed by atoms with Crippen LogP contribution in [0.5, 0.6) is 0 Å². The fourth-order valence-corrected chi connectivity index (χ4v) is 4.52. The molecule has 0 amide bonds. The number of H-pyrrole nitrogens is 2. The van der Waals surface area contributed by atoms with Crippen LogP contribution in [0.15, 0.2) is 60.7 Å². The minimum Gasteiger partial charge on any atom is -0.465 e. The van der Waals surface area contributed by atoms with Gasteiger partial charge in [-0.05, 0) is 55.0 Å². The van der Waals surface area contributed by atoms with Crippen LogP contribution in [0.3, 0.4) is 0 Å². The van der Waals surface area contributed by atoms with Gasteiger partial charge >= 0.3 is 5.97 Å². The highest BCUT2D eigenvalue weighted by Gasteiger charge is 2.30. The molecule has 0 fully saturated rings. The maximum absolute atomic E-state index is 12.6. The normalized spacial score (nSPS) is 15.5. The number of aromatic nitrogens is 4. The zero-order valence-electron chi connectivity index (χ0n) is 18.3. The monoisotopic (exact) mass is 428 g/mol. The van der Waals surface area contributed by atoms with Gasteiger partial charge in [-0.1, -0.05) is 55.8 Å². The highest BCUT2D eigenvalue weighted by molar-refractivity contribution is 5.74. The summed E-state index contributed by atoms with van der Waals surface area (Å²) < 4.78 is 7.88. The van der Waals surface area contributed by atoms with Crippen LogP contribution in [0.4, 0.5) is 0 Å². The third-order valence-electron chi connectivity index (χ3n) is 6.25. The second-order valence-electron chi connectivity index (χ2n) is 8.41. The molecule has 4 aromatic rings. The Kier molecular flexibility index (Phi) is 5.67. The summed E-state index contributed by atoms with van der Waals surface area (Å²) in [5.41, 5.74) is 6.96. The first-order valence-corrected chi connectivity index (χ1v) is 11.4. The number of hydrogen-bond donors (Lipinski definition) is 2. The molecular formula is C26H28N4O2. The minimum atomic E-state index is -0.0650. The number of ether oxygens (including phenoxy) is 1. The molecule has 0 saturated carbocycles. The first kappa shape index (κ1) is 20.4. The number of rotatable bonds is 7. The van der Waals surface area contributed by atoms with Crippen molar-refractivity contribution in [2.45, 2.75) is 39.0 Å². The van der Waals surface area contributed by atoms with Crippen LogP contribution in [-0.2, 0) is 22.4 Å². The van der Waals surface area contributed by atoms with Gasteiger partial charge in [-0.15, -0.1) is 5.10 Å². The van der Waals surface area contributed by atoms with Crippen molar-refractivity contribution in [3.05, 3.63) is 71.9 Å². The topological polar surface area (TPSA) is 75.7 Å². The van der Waals surface area contributed by atoms with E-state index in [0.717, 1.165) is 60.4 Å². The van der Waals surface area contributed by atoms with E-state index in [2.05, 4.69) is 81.5 Å². The molecule has 1 aliphatic carbocycles. The lowest BCUT2D eigenvalue weighted by Crippen LogP contribution is -2.25. The number of benzene rings is 2. The summed E-state index contributed by atoms with van der Waals surface area (Å²) >= 11 is 0. The van der Waals surface area contributed by atoms with E-state index in [1.54, 1.807) is 0 Å². The fourth-order valence-electron chi connectivity index (χ4n) is 4.52. The van der Waals surface area contributed by atoms with Crippen molar-refractivity contribution in [1.82, 2.24) is 20.0 Å². The Morgan fingerprint density at radius 2 is 1.94 bits per heavy atom. The van der Waals surface area contributed by atoms with E-state index >= 15 is 0 Å². The third kappa shape index (κ3) is 3.88. The number of hydrogen-bond acceptors (Lipinski definition) is 3. The van der Waals surface area contributed by atoms with Gasteiger partial charge in [0.1, 0.15) is 0 Å². The SMILES string of the molecule is CCCCOC(=O)C1CCc2c(cc(-c3ccccc3)n2-c2cccc(-c3n[nH][nH]3)c2)C1. The molecule has 0 aliphatic heterocycles. The van der Waals surface area contributed by atoms with E-state index in [9.17, 15) is 4.79 Å². The van der Waals surface area contributed by atoms with Gasteiger partial charge in [0.25, 0.3) is 0 Å². The summed E-state index contributed by atoms with van der Waals surface area (Å²) in [4.78, 5) is 12.6. The van der Waals surface area contributed by atoms with Crippen LogP contribution in [-0.4, -0.2) is 32.6 Å². The Morgan fingerprint density at radius 3 is 2.69 bits per heavy atom. The maximum atomic E-state index is 12.6. The highest BCUT2D eigenvalue weighted by atomic mass is 16.5. The number of carbonyl (C=O) groups excluding carboxylic acids is 1. The Morgan fingerprint density at radius 1 is 1.12 bits per heavy atom. The Balaban J connectivity index is 1.53. The second-order valence-corrected chi connectivity index (χ2v) is 8.41. The lowest BCUT2D eigenvalue weighted by Gasteiger charge is -2.23. The number of unbranched alkanes of at least 4 members (excludes halogenated alkanes) is 1. The number of carbonyl (C=O) groups is 1. The lowest BCUT2D eigenvalue weighted by molar-refractivity contribution is -0.149. The smallest absolute Gasteiger partial charge is 0.309 e. The molecule has 0 saturated heterocycles. The zero-order valence-corrected chi connectivity index (χ0v) is 18.3. The van der Waals surface area contributed by atoms with E-state index in [0.29, 0.717) is 6.61 Å². The molecule has 2 heterocycles. The number of fused-ring (bicyclic) bond motifs is 1. The van der Waals surface area contributed by atoms with Crippen molar-refractivity contribution in [1.29, 1.82) is 0 Å². The van der Waals surface area contributed by atoms with Crippen molar-refractivity contribution in [2.75, 3.05) is 6.61 Å². The largest absolute Gasteiger partial charge is 0.465 e. The molecule has 2 aromatic carbocycles. The van der Waals surface area contributed by atoms with Crippen LogP contribution in [0.2, 0.25) is 0 Å². The molecule has 0 radical (unpaired) electrons. The predicted molar refractivity (Wildman–Crippen MR) is 125 cm³/mol. The maximum Gasteiger partial charge on any atom is 0.309 e. The van der Waals surface area contributed by atoms with Gasteiger partial charge in [-0.2, -0.15) is 0 Å². The molecule has 2 aromatic heterocycles. The molecule has 32 heavy (non-hydrogen) atoms. The number of nitrogens with one attached hydrogen (secondary N) is 2. The molecule has 0 spiro atoms. The van der Waals surface area contributed by atoms with E-state index in [-0.39, 0.29) is 11.9 Å². The standard InChI is InChI=1S/C26H28N4O2/c1-2-3-14-32-26(31)20-12-13-23-21(15-20)17-24(18-8-5-4-6-9-18)30(23)22-11-7-10-19(16-22)25-27-29-28-25/h4-11,16-17,20,29H,2-3,12-15H2,1H3,(H,27,28). The predicted octanol–water partition coefficient (Wildman–Crippen LogP) is 5.31. The van der Waals surface area contributed by atoms with Crippen LogP contribution >= 0.6 is 0 Å². The average molecular weight is 429 g/mol. The van der Waals surface area contributed by atoms with Crippen LogP contribution in [0.25, 0.3) is 28.3 Å². The van der Waals surface area contributed by atoms with E-state index in [1.807, 2.05) is 6.07 Å². The summed E-state index contributed by atoms with van der Waals surface area (Å²) in [6, 6.07) is 21.1. The van der Waals surface area contributed by atoms with Crippen LogP contribution in [0.1, 0.15) is 37.4 Å². The van der Waals surface area contributed by atoms with E-state index in [1.165, 1.54) is 11.3 Å². The highest BCUT2D eigenvalue weighted by Crippen LogP contribution is 2.36. The number of esters is 1. The molecule has 6 nitrogen and oxygen atoms in total. The second kappa shape index (κ2) is 8.91. The summed E-state index contributed by atoms with van der Waals surface area (Å²) in [6.45, 7) is 2.63. The van der Waals surface area contributed by atoms with E-state index in [4.69, 9.17) is 4.74 Å². The van der Waals surface area contributed by atoms with Gasteiger partial charge < -0.3 is 9.30 Å². The van der Waals surface area contributed by atoms with Gasteiger partial charge in [0.2, 0.25) is 0 Å². The molecule has 164 valence electrons. The fraction of sp³-hybridized carbons (Fsp3) is 0.308. The van der Waals surface area contributed by atoms with Gasteiger partial charge in [0.05, 0.1) is 18.2 Å². The van der Waals surface area contributed by atoms with Crippen LogP contribution in [0, 0.1) is 5.92 Å². The molecule has 6 heteroatoms. The molecule has 1 aliphatic rings. The van der Waals surface area contributed by atoms with Crippen molar-refractivity contribution in [3.8, 4) is 28.3 Å². The van der Waals surface area contributed by atoms with Gasteiger partial charge in [-0.3, -0.25) is 9.89 Å². The quantitative estimate of drug-likeness (QED) is 0.309. The van der Waals surface area contributed by atoms with Gasteiger partial charge in [0.15, 0.2) is 5.82 Å². The number of aromatic amines is 2. The van der Waals surface area contributed by atoms with E-state index < -0.39 is 0 Å². The number of nitrogens with zero attached hydrogens (tertiary/aromatic N) is 2. The Bertz CT molecular complexity index is 1190. The summed E-state index contributed by atoms with van der Waals surface area (Å²) in [6.07, 6.45) is 4.34. The third-order valence-corrected chi connectivity index (χ3v) is 6.25. The first-order valence-electron chi connectivity index (χ1n) is 11.4. The van der Waals surface area contributed by atoms with Crippen molar-refractivity contribution >= 4 is 5.97 Å². The minimum absolute atomic E-state index is 0.0540. The Hall–Kier alpha value is -3.54. The zero-order chi connectivity index (χ0) is 21.9. The summed E-state index contributed by atoms with van der Waals surface area (Å²) in [5, 5.41) is 9.93. The summed E-state index contributed by atoms with van der Waals surface area (Å²) in [7, 11) is 0. The van der Waals surface area contributed by atoms with Gasteiger partial charge in [0, 0.05) is 16.9 Å². The average Bonchev–Trinajstić information content (AvgIpc) is 3.17. The molecule has 2 N–H and O–H groups in total. The molecule has 0 bridgehead atoms. The molecule has 1 atom stereocenters. The van der Waals surface area contributed by atoms with Crippen molar-refractivity contribution < 1.29 is 9.53 Å². The summed E-state index contributed by atoms with van der Waals surface area (Å²) in [5.74, 6) is 0.718. The van der Waals surface area contributed by atoms with Gasteiger partial charge in [-0.25, -0.2) is 5.21 Å². The molecular weight excluding hydrogens is 400 g/mol. The van der Waals surface area contributed by atoms with Crippen molar-refractivity contribution in [2.24, 2.45) is 5.92 Å². The molecule has 5 rings (SSSR count).